The number of rotatable bonds is 5. The molecule has 0 aliphatic heterocycles. The van der Waals surface area contributed by atoms with E-state index in [9.17, 15) is 9.59 Å². The zero-order valence-electron chi connectivity index (χ0n) is 18.3. The number of hydrogen-bond acceptors (Lipinski definition) is 3. The maximum atomic E-state index is 13.3. The molecular weight excluding hydrogens is 374 g/mol. The molecule has 158 valence electrons. The Morgan fingerprint density at radius 1 is 1.36 bits per heavy atom. The summed E-state index contributed by atoms with van der Waals surface area (Å²) in [6, 6.07) is -0.253. The molecule has 0 radical (unpaired) electrons. The van der Waals surface area contributed by atoms with Gasteiger partial charge in [-0.3, -0.25) is 8.75 Å². The number of aromatic nitrogens is 1. The molecule has 1 saturated carbocycles. The summed E-state index contributed by atoms with van der Waals surface area (Å²) in [6.45, 7) is 14.4. The number of carboxylic acid groups (broad SMARTS) is 1. The Balaban J connectivity index is 2.42. The van der Waals surface area contributed by atoms with E-state index in [0.717, 1.165) is 29.5 Å². The predicted molar refractivity (Wildman–Crippen MR) is 113 cm³/mol. The van der Waals surface area contributed by atoms with Crippen LogP contribution in [-0.4, -0.2) is 27.1 Å². The van der Waals surface area contributed by atoms with Gasteiger partial charge in [-0.1, -0.05) is 34.1 Å². The van der Waals surface area contributed by atoms with Gasteiger partial charge < -0.3 is 10.4 Å². The Morgan fingerprint density at radius 2 is 2.00 bits per heavy atom. The average molecular weight is 410 g/mol. The molecule has 0 unspecified atom stereocenters. The second-order valence-electron chi connectivity index (χ2n) is 9.66. The van der Waals surface area contributed by atoms with E-state index < -0.39 is 16.9 Å². The maximum absolute atomic E-state index is 13.3. The lowest BCUT2D eigenvalue weighted by Gasteiger charge is -2.38. The first kappa shape index (κ1) is 22.7. The summed E-state index contributed by atoms with van der Waals surface area (Å²) in [7, 11) is 0. The normalized spacial score (nSPS) is 25.1. The van der Waals surface area contributed by atoms with Crippen LogP contribution in [0.2, 0.25) is 0 Å². The highest BCUT2D eigenvalue weighted by Gasteiger charge is 2.56. The fraction of sp³-hybridized carbons (Fsp3) is 0.762. The number of hydrogen-bond donors (Lipinski definition) is 2. The minimum atomic E-state index is -1.04. The van der Waals surface area contributed by atoms with Crippen molar-refractivity contribution in [3.8, 4) is 0 Å². The first-order valence-corrected chi connectivity index (χ1v) is 10.9. The third kappa shape index (κ3) is 4.34. The topological polar surface area (TPSA) is 83.7 Å². The molecule has 1 fully saturated rings. The molecule has 2 rings (SSSR count). The molecule has 1 heterocycles. The molecular formula is C21H35N3O3S. The Hall–Kier alpha value is -1.63. The molecule has 0 bridgehead atoms. The predicted octanol–water partition coefficient (Wildman–Crippen LogP) is 4.54. The summed E-state index contributed by atoms with van der Waals surface area (Å²) in [5.41, 5.74) is -0.143. The molecule has 1 aromatic heterocycles. The number of carbonyl (C=O) groups excluding carboxylic acids is 1. The third-order valence-corrected chi connectivity index (χ3v) is 7.77. The van der Waals surface area contributed by atoms with Crippen LogP contribution < -0.4 is 9.99 Å². The highest BCUT2D eigenvalue weighted by atomic mass is 32.1. The van der Waals surface area contributed by atoms with Gasteiger partial charge in [0.1, 0.15) is 4.67 Å². The minimum Gasteiger partial charge on any atom is -0.465 e. The molecule has 1 aromatic rings. The summed E-state index contributed by atoms with van der Waals surface area (Å²) >= 11 is 1.53. The first-order valence-electron chi connectivity index (χ1n) is 10.1. The fourth-order valence-electron chi connectivity index (χ4n) is 3.84. The fourth-order valence-corrected chi connectivity index (χ4v) is 4.87. The van der Waals surface area contributed by atoms with Crippen molar-refractivity contribution in [1.82, 2.24) is 9.27 Å². The Kier molecular flexibility index (Phi) is 6.48. The summed E-state index contributed by atoms with van der Waals surface area (Å²) < 4.78 is 2.96. The molecule has 1 aliphatic rings. The summed E-state index contributed by atoms with van der Waals surface area (Å²) in [5.74, 6) is -0.146. The van der Waals surface area contributed by atoms with E-state index >= 15 is 0 Å². The lowest BCUT2D eigenvalue weighted by atomic mass is 9.67. The molecule has 7 heteroatoms. The number of nitrogens with one attached hydrogen (secondary N) is 1. The van der Waals surface area contributed by atoms with Crippen molar-refractivity contribution in [3.05, 3.63) is 16.4 Å². The number of unbranched alkanes of at least 4 members (excludes halogenated alkanes) is 1. The maximum Gasteiger partial charge on any atom is 0.404 e. The quantitative estimate of drug-likeness (QED) is 0.749. The lowest BCUT2D eigenvalue weighted by molar-refractivity contribution is -0.132. The van der Waals surface area contributed by atoms with E-state index in [-0.39, 0.29) is 17.5 Å². The summed E-state index contributed by atoms with van der Waals surface area (Å²) in [6.07, 6.45) is 5.42. The third-order valence-electron chi connectivity index (χ3n) is 6.39. The smallest absolute Gasteiger partial charge is 0.404 e. The van der Waals surface area contributed by atoms with Crippen LogP contribution in [0.5, 0.6) is 0 Å². The number of carbonyl (C=O) groups is 2. The molecule has 6 nitrogen and oxygen atoms in total. The van der Waals surface area contributed by atoms with E-state index in [2.05, 4.69) is 48.2 Å². The van der Waals surface area contributed by atoms with E-state index in [1.54, 1.807) is 0 Å². The first-order chi connectivity index (χ1) is 12.8. The van der Waals surface area contributed by atoms with Gasteiger partial charge in [-0.15, -0.1) is 0 Å². The SMILES string of the molecule is CCCCc1cn(C(C)(C)C)sc1=NC(=O)[C@]1(C)CC[C@H](NC(=O)O)C1(C)C. The Bertz CT molecular complexity index is 801. The minimum absolute atomic E-state index is 0.0600. The lowest BCUT2D eigenvalue weighted by Crippen LogP contribution is -2.49. The van der Waals surface area contributed by atoms with Crippen molar-refractivity contribution in [3.63, 3.8) is 0 Å². The summed E-state index contributed by atoms with van der Waals surface area (Å²) in [5, 5.41) is 11.7. The second-order valence-corrected chi connectivity index (χ2v) is 10.6. The van der Waals surface area contributed by atoms with Crippen LogP contribution in [0.4, 0.5) is 4.79 Å². The van der Waals surface area contributed by atoms with Crippen molar-refractivity contribution in [2.75, 3.05) is 0 Å². The number of nitrogens with zero attached hydrogens (tertiary/aromatic N) is 2. The molecule has 1 aliphatic carbocycles. The standard InChI is InChI=1S/C21H35N3O3S/c1-8-9-10-14-13-24(19(2,3)4)28-16(14)23-17(25)21(7)12-11-15(20(21,5)6)22-18(26)27/h13,15,22H,8-12H2,1-7H3,(H,26,27)/t15-,21-/m0/s1. The van der Waals surface area contributed by atoms with Crippen LogP contribution in [0.15, 0.2) is 11.2 Å². The van der Waals surface area contributed by atoms with Gasteiger partial charge in [-0.05, 0) is 63.4 Å². The van der Waals surface area contributed by atoms with E-state index in [4.69, 9.17) is 5.11 Å². The van der Waals surface area contributed by atoms with Crippen LogP contribution in [0.1, 0.15) is 79.7 Å². The zero-order valence-corrected chi connectivity index (χ0v) is 19.1. The average Bonchev–Trinajstić information content (AvgIpc) is 3.07. The van der Waals surface area contributed by atoms with Crippen LogP contribution in [0, 0.1) is 10.8 Å². The van der Waals surface area contributed by atoms with E-state index in [1.807, 2.05) is 20.8 Å². The zero-order chi connectivity index (χ0) is 21.3. The van der Waals surface area contributed by atoms with Crippen molar-refractivity contribution in [1.29, 1.82) is 0 Å². The van der Waals surface area contributed by atoms with Crippen LogP contribution in [-0.2, 0) is 16.8 Å². The van der Waals surface area contributed by atoms with Crippen molar-refractivity contribution in [2.24, 2.45) is 15.8 Å². The van der Waals surface area contributed by atoms with Gasteiger partial charge in [0.15, 0.2) is 0 Å². The van der Waals surface area contributed by atoms with Crippen LogP contribution in [0.25, 0.3) is 0 Å². The molecule has 2 atom stereocenters. The largest absolute Gasteiger partial charge is 0.465 e. The molecule has 0 aromatic carbocycles. The van der Waals surface area contributed by atoms with Gasteiger partial charge in [0.2, 0.25) is 0 Å². The van der Waals surface area contributed by atoms with Gasteiger partial charge >= 0.3 is 6.09 Å². The van der Waals surface area contributed by atoms with Crippen molar-refractivity contribution in [2.45, 2.75) is 92.2 Å². The van der Waals surface area contributed by atoms with Gasteiger partial charge in [-0.25, -0.2) is 9.79 Å². The second kappa shape index (κ2) is 8.01. The monoisotopic (exact) mass is 409 g/mol. The molecule has 0 spiro atoms. The van der Waals surface area contributed by atoms with E-state index in [0.29, 0.717) is 12.8 Å². The van der Waals surface area contributed by atoms with Gasteiger partial charge in [0, 0.05) is 23.3 Å². The van der Waals surface area contributed by atoms with Crippen LogP contribution in [0.3, 0.4) is 0 Å². The highest BCUT2D eigenvalue weighted by molar-refractivity contribution is 7.04. The van der Waals surface area contributed by atoms with Gasteiger partial charge in [0.25, 0.3) is 5.91 Å². The Morgan fingerprint density at radius 3 is 2.54 bits per heavy atom. The molecule has 0 saturated heterocycles. The molecule has 28 heavy (non-hydrogen) atoms. The van der Waals surface area contributed by atoms with Crippen molar-refractivity contribution >= 4 is 23.5 Å². The molecule has 2 N–H and O–H groups in total. The number of aryl methyl sites for hydroxylation is 1. The van der Waals surface area contributed by atoms with Gasteiger partial charge in [0.05, 0.1) is 5.41 Å². The molecule has 2 amide bonds. The van der Waals surface area contributed by atoms with Crippen LogP contribution >= 0.6 is 11.5 Å². The highest BCUT2D eigenvalue weighted by Crippen LogP contribution is 2.53. The van der Waals surface area contributed by atoms with Gasteiger partial charge in [-0.2, -0.15) is 0 Å². The summed E-state index contributed by atoms with van der Waals surface area (Å²) in [4.78, 5) is 29.1. The Labute approximate surface area is 172 Å². The number of amides is 2. The van der Waals surface area contributed by atoms with E-state index in [1.165, 1.54) is 11.5 Å². The van der Waals surface area contributed by atoms with Crippen molar-refractivity contribution < 1.29 is 14.7 Å².